The Morgan fingerprint density at radius 3 is 2.49 bits per heavy atom. The Hall–Kier alpha value is -3.73. The third kappa shape index (κ3) is 4.07. The molecule has 0 aliphatic carbocycles. The van der Waals surface area contributed by atoms with Crippen LogP contribution in [0.1, 0.15) is 25.6 Å². The van der Waals surface area contributed by atoms with Crippen LogP contribution in [-0.2, 0) is 16.6 Å². The van der Waals surface area contributed by atoms with Gasteiger partial charge in [0.05, 0.1) is 24.2 Å². The van der Waals surface area contributed by atoms with Gasteiger partial charge in [0, 0.05) is 53.2 Å². The SMILES string of the molecule is CC(=O)N1CCC(N(C)c2nc3c(N4CCOCC4)nc(-n4c(C)nc5ccccc54)nc3n2C)CC1. The lowest BCUT2D eigenvalue weighted by atomic mass is 10.0. The molecule has 2 fully saturated rings. The highest BCUT2D eigenvalue weighted by atomic mass is 16.5. The Labute approximate surface area is 215 Å². The maximum Gasteiger partial charge on any atom is 0.239 e. The van der Waals surface area contributed by atoms with Crippen molar-refractivity contribution in [3.63, 3.8) is 0 Å². The number of aromatic nitrogens is 6. The van der Waals surface area contributed by atoms with Gasteiger partial charge in [-0.15, -0.1) is 0 Å². The molecular formula is C26H33N9O2. The molecule has 0 unspecified atom stereocenters. The van der Waals surface area contributed by atoms with Crippen LogP contribution in [0.4, 0.5) is 11.8 Å². The number of hydrogen-bond donors (Lipinski definition) is 0. The van der Waals surface area contributed by atoms with E-state index in [0.717, 1.165) is 78.8 Å². The Morgan fingerprint density at radius 1 is 1.03 bits per heavy atom. The molecule has 2 saturated heterocycles. The lowest BCUT2D eigenvalue weighted by Crippen LogP contribution is -2.45. The molecule has 1 amide bonds. The molecule has 0 saturated carbocycles. The van der Waals surface area contributed by atoms with Crippen LogP contribution in [0.5, 0.6) is 0 Å². The largest absolute Gasteiger partial charge is 0.378 e. The Balaban J connectivity index is 1.46. The summed E-state index contributed by atoms with van der Waals surface area (Å²) in [7, 11) is 4.11. The molecule has 6 rings (SSSR count). The van der Waals surface area contributed by atoms with E-state index in [1.807, 2.05) is 47.7 Å². The van der Waals surface area contributed by atoms with Crippen LogP contribution in [0.25, 0.3) is 28.1 Å². The van der Waals surface area contributed by atoms with Crippen molar-refractivity contribution in [1.82, 2.24) is 34.0 Å². The van der Waals surface area contributed by atoms with Gasteiger partial charge in [-0.2, -0.15) is 9.97 Å². The van der Waals surface area contributed by atoms with E-state index in [2.05, 4.69) is 21.4 Å². The summed E-state index contributed by atoms with van der Waals surface area (Å²) in [6, 6.07) is 8.36. The number of likely N-dealkylation sites (tertiary alicyclic amines) is 1. The third-order valence-corrected chi connectivity index (χ3v) is 7.68. The van der Waals surface area contributed by atoms with E-state index in [1.165, 1.54) is 0 Å². The number of hydrogen-bond acceptors (Lipinski definition) is 8. The van der Waals surface area contributed by atoms with E-state index in [-0.39, 0.29) is 5.91 Å². The molecule has 0 N–H and O–H groups in total. The van der Waals surface area contributed by atoms with Gasteiger partial charge in [0.2, 0.25) is 17.8 Å². The Morgan fingerprint density at radius 2 is 1.76 bits per heavy atom. The maximum atomic E-state index is 11.8. The Kier molecular flexibility index (Phi) is 5.94. The van der Waals surface area contributed by atoms with Crippen LogP contribution in [0.2, 0.25) is 0 Å². The molecular weight excluding hydrogens is 470 g/mol. The average molecular weight is 504 g/mol. The van der Waals surface area contributed by atoms with Crippen LogP contribution in [0.15, 0.2) is 24.3 Å². The van der Waals surface area contributed by atoms with Crippen molar-refractivity contribution in [2.24, 2.45) is 7.05 Å². The van der Waals surface area contributed by atoms with E-state index in [4.69, 9.17) is 24.7 Å². The summed E-state index contributed by atoms with van der Waals surface area (Å²) in [6.45, 7) is 7.97. The van der Waals surface area contributed by atoms with E-state index in [9.17, 15) is 4.79 Å². The van der Waals surface area contributed by atoms with E-state index >= 15 is 0 Å². The van der Waals surface area contributed by atoms with E-state index in [0.29, 0.717) is 25.2 Å². The van der Waals surface area contributed by atoms with Gasteiger partial charge in [-0.25, -0.2) is 9.97 Å². The van der Waals surface area contributed by atoms with Gasteiger partial charge in [0.15, 0.2) is 17.0 Å². The second-order valence-corrected chi connectivity index (χ2v) is 9.92. The number of rotatable bonds is 4. The van der Waals surface area contributed by atoms with Crippen molar-refractivity contribution in [3.05, 3.63) is 30.1 Å². The van der Waals surface area contributed by atoms with Crippen molar-refractivity contribution < 1.29 is 9.53 Å². The first-order valence-corrected chi connectivity index (χ1v) is 12.9. The zero-order valence-electron chi connectivity index (χ0n) is 21.9. The van der Waals surface area contributed by atoms with Crippen LogP contribution < -0.4 is 9.80 Å². The molecule has 11 nitrogen and oxygen atoms in total. The number of amides is 1. The molecule has 0 atom stereocenters. The molecule has 4 aromatic rings. The van der Waals surface area contributed by atoms with E-state index in [1.54, 1.807) is 6.92 Å². The topological polar surface area (TPSA) is 97.4 Å². The summed E-state index contributed by atoms with van der Waals surface area (Å²) in [6.07, 6.45) is 1.82. The first-order chi connectivity index (χ1) is 17.9. The molecule has 37 heavy (non-hydrogen) atoms. The predicted octanol–water partition coefficient (Wildman–Crippen LogP) is 2.29. The van der Waals surface area contributed by atoms with Gasteiger partial charge >= 0.3 is 0 Å². The number of benzene rings is 1. The summed E-state index contributed by atoms with van der Waals surface area (Å²) in [5.41, 5.74) is 3.47. The quantitative estimate of drug-likeness (QED) is 0.419. The van der Waals surface area contributed by atoms with Crippen molar-refractivity contribution in [2.45, 2.75) is 32.7 Å². The molecule has 3 aromatic heterocycles. The van der Waals surface area contributed by atoms with Crippen LogP contribution in [0.3, 0.4) is 0 Å². The van der Waals surface area contributed by atoms with Crippen molar-refractivity contribution in [2.75, 3.05) is 56.2 Å². The third-order valence-electron chi connectivity index (χ3n) is 7.68. The number of piperidine rings is 1. The molecule has 1 aromatic carbocycles. The van der Waals surface area contributed by atoms with Gasteiger partial charge in [-0.3, -0.25) is 13.9 Å². The predicted molar refractivity (Wildman–Crippen MR) is 142 cm³/mol. The highest BCUT2D eigenvalue weighted by molar-refractivity contribution is 5.87. The zero-order valence-corrected chi connectivity index (χ0v) is 21.9. The molecule has 0 bridgehead atoms. The van der Waals surface area contributed by atoms with Gasteiger partial charge in [-0.05, 0) is 31.9 Å². The molecule has 2 aliphatic heterocycles. The smallest absolute Gasteiger partial charge is 0.239 e. The number of para-hydroxylation sites is 2. The fourth-order valence-corrected chi connectivity index (χ4v) is 5.57. The second-order valence-electron chi connectivity index (χ2n) is 9.92. The van der Waals surface area contributed by atoms with Gasteiger partial charge in [0.1, 0.15) is 5.82 Å². The Bertz CT molecular complexity index is 1460. The number of ether oxygens (including phenoxy) is 1. The number of carbonyl (C=O) groups excluding carboxylic acids is 1. The molecule has 0 spiro atoms. The summed E-state index contributed by atoms with van der Waals surface area (Å²) >= 11 is 0. The molecule has 11 heteroatoms. The lowest BCUT2D eigenvalue weighted by molar-refractivity contribution is -0.129. The normalized spacial score (nSPS) is 17.2. The number of anilines is 2. The standard InChI is InChI=1S/C26H33N9O2/c1-17-27-20-7-5-6-8-21(20)35(17)25-29-23-22(24(30-25)34-13-15-37-16-14-34)28-26(32(23)4)31(3)19-9-11-33(12-10-19)18(2)36/h5-8,19H,9-16H2,1-4H3. The maximum absolute atomic E-state index is 11.8. The number of aryl methyl sites for hydroxylation is 2. The molecule has 5 heterocycles. The first kappa shape index (κ1) is 23.7. The monoisotopic (exact) mass is 503 g/mol. The van der Waals surface area contributed by atoms with Crippen molar-refractivity contribution in [3.8, 4) is 5.95 Å². The minimum absolute atomic E-state index is 0.143. The molecule has 0 radical (unpaired) electrons. The lowest BCUT2D eigenvalue weighted by Gasteiger charge is -2.36. The summed E-state index contributed by atoms with van der Waals surface area (Å²) in [5.74, 6) is 3.24. The number of morpholine rings is 1. The van der Waals surface area contributed by atoms with Gasteiger partial charge in [-0.1, -0.05) is 12.1 Å². The zero-order chi connectivity index (χ0) is 25.7. The van der Waals surface area contributed by atoms with Crippen LogP contribution in [-0.4, -0.2) is 92.4 Å². The molecule has 2 aliphatic rings. The van der Waals surface area contributed by atoms with Crippen molar-refractivity contribution in [1.29, 1.82) is 0 Å². The summed E-state index contributed by atoms with van der Waals surface area (Å²) in [5, 5.41) is 0. The van der Waals surface area contributed by atoms with Gasteiger partial charge in [0.25, 0.3) is 0 Å². The summed E-state index contributed by atoms with van der Waals surface area (Å²) < 4.78 is 9.71. The van der Waals surface area contributed by atoms with E-state index < -0.39 is 0 Å². The number of fused-ring (bicyclic) bond motifs is 2. The fraction of sp³-hybridized carbons (Fsp3) is 0.500. The van der Waals surface area contributed by atoms with Crippen LogP contribution in [0, 0.1) is 6.92 Å². The number of carbonyl (C=O) groups is 1. The number of nitrogens with zero attached hydrogens (tertiary/aromatic N) is 9. The minimum atomic E-state index is 0.143. The number of imidazole rings is 2. The van der Waals surface area contributed by atoms with Gasteiger partial charge < -0.3 is 19.4 Å². The highest BCUT2D eigenvalue weighted by Crippen LogP contribution is 2.31. The summed E-state index contributed by atoms with van der Waals surface area (Å²) in [4.78, 5) is 38.2. The van der Waals surface area contributed by atoms with Crippen LogP contribution >= 0.6 is 0 Å². The average Bonchev–Trinajstić information content (AvgIpc) is 3.44. The highest BCUT2D eigenvalue weighted by Gasteiger charge is 2.29. The fourth-order valence-electron chi connectivity index (χ4n) is 5.57. The minimum Gasteiger partial charge on any atom is -0.378 e. The van der Waals surface area contributed by atoms with Crippen molar-refractivity contribution >= 4 is 39.9 Å². The first-order valence-electron chi connectivity index (χ1n) is 12.9. The second kappa shape index (κ2) is 9.29. The molecule has 194 valence electrons.